The van der Waals surface area contributed by atoms with E-state index in [9.17, 15) is 23.6 Å². The van der Waals surface area contributed by atoms with Crippen LogP contribution in [-0.4, -0.2) is 29.9 Å². The fourth-order valence-corrected chi connectivity index (χ4v) is 7.88. The Morgan fingerprint density at radius 1 is 1.02 bits per heavy atom. The molecule has 8 heteroatoms. The predicted octanol–water partition coefficient (Wildman–Crippen LogP) is 6.45. The highest BCUT2D eigenvalue weighted by atomic mass is 19.1. The molecule has 0 saturated heterocycles. The van der Waals surface area contributed by atoms with E-state index in [0.717, 1.165) is 52.9 Å². The molecule has 3 N–H and O–H groups in total. The zero-order valence-corrected chi connectivity index (χ0v) is 26.5. The number of hydrogen-bond acceptors (Lipinski definition) is 5. The molecule has 5 aliphatic rings. The predicted molar refractivity (Wildman–Crippen MR) is 174 cm³/mol. The summed E-state index contributed by atoms with van der Waals surface area (Å²) in [5, 5.41) is 9.47. The first kappa shape index (κ1) is 30.3. The molecular weight excluding hydrogens is 581 g/mol. The Labute approximate surface area is 268 Å². The molecule has 7 nitrogen and oxygen atoms in total. The monoisotopic (exact) mass is 621 g/mol. The topological polar surface area (TPSA) is 104 Å². The SMILES string of the molecule is CC1=C(NC(=O)[C@H]2CCC(=O)CC3CC32)C(C)=C(/C=C2\C(=O)CNc3ccc(C(=O)N[C@H](C)c4ccc(F)cc4)cc32)C2CC2C1. The van der Waals surface area contributed by atoms with Crippen molar-refractivity contribution in [3.63, 3.8) is 0 Å². The van der Waals surface area contributed by atoms with Crippen LogP contribution in [-0.2, 0) is 14.4 Å². The summed E-state index contributed by atoms with van der Waals surface area (Å²) in [6.45, 7) is 6.13. The minimum Gasteiger partial charge on any atom is -0.377 e. The second kappa shape index (κ2) is 11.8. The molecule has 0 bridgehead atoms. The number of rotatable bonds is 6. The Morgan fingerprint density at radius 3 is 2.59 bits per heavy atom. The van der Waals surface area contributed by atoms with Crippen LogP contribution in [0.25, 0.3) is 5.57 Å². The van der Waals surface area contributed by atoms with Gasteiger partial charge in [0, 0.05) is 46.8 Å². The number of anilines is 1. The van der Waals surface area contributed by atoms with Crippen molar-refractivity contribution in [3.05, 3.63) is 93.5 Å². The Kier molecular flexibility index (Phi) is 7.78. The van der Waals surface area contributed by atoms with Gasteiger partial charge in [-0.1, -0.05) is 12.1 Å². The third kappa shape index (κ3) is 5.85. The van der Waals surface area contributed by atoms with Crippen molar-refractivity contribution in [1.82, 2.24) is 10.6 Å². The number of allylic oxidation sites excluding steroid dienone is 4. The van der Waals surface area contributed by atoms with Crippen molar-refractivity contribution in [2.45, 2.75) is 65.3 Å². The Morgan fingerprint density at radius 2 is 1.80 bits per heavy atom. The standard InChI is InChI=1S/C38H40FN3O4/c1-19-12-24-15-31(24)29(20(2)36(19)42-38(46)28-10-9-27(43)13-25-16-30(25)28)17-33-32-14-23(6-11-34(32)40-18-35(33)44)37(45)41-21(3)22-4-7-26(39)8-5-22/h4-8,11,14,17,21,24-25,28,30-31,40H,9-10,12-13,15-16,18H2,1-3H3,(H,41,45)(H,42,46)/b33-17-/t21-,24?,25?,28+,30?,31?/m1/s1. The number of halogens is 1. The lowest BCUT2D eigenvalue weighted by atomic mass is 9.90. The number of amides is 2. The van der Waals surface area contributed by atoms with E-state index < -0.39 is 0 Å². The maximum absolute atomic E-state index is 13.6. The van der Waals surface area contributed by atoms with Crippen molar-refractivity contribution in [2.24, 2.45) is 29.6 Å². The number of benzene rings is 2. The summed E-state index contributed by atoms with van der Waals surface area (Å²) in [7, 11) is 0. The summed E-state index contributed by atoms with van der Waals surface area (Å²) in [5.41, 5.74) is 7.28. The summed E-state index contributed by atoms with van der Waals surface area (Å²) >= 11 is 0. The number of fused-ring (bicyclic) bond motifs is 3. The van der Waals surface area contributed by atoms with Gasteiger partial charge in [-0.05, 0) is 129 Å². The summed E-state index contributed by atoms with van der Waals surface area (Å²) < 4.78 is 13.4. The van der Waals surface area contributed by atoms with Crippen molar-refractivity contribution in [1.29, 1.82) is 0 Å². The second-order valence-electron chi connectivity index (χ2n) is 13.9. The third-order valence-electron chi connectivity index (χ3n) is 10.8. The number of nitrogens with one attached hydrogen (secondary N) is 3. The first-order valence-electron chi connectivity index (χ1n) is 16.5. The van der Waals surface area contributed by atoms with Crippen LogP contribution in [0.5, 0.6) is 0 Å². The van der Waals surface area contributed by atoms with Crippen LogP contribution in [0.3, 0.4) is 0 Å². The minimum atomic E-state index is -0.336. The molecule has 4 aliphatic carbocycles. The number of ketones is 2. The van der Waals surface area contributed by atoms with Crippen molar-refractivity contribution in [2.75, 3.05) is 11.9 Å². The Balaban J connectivity index is 1.17. The van der Waals surface area contributed by atoms with Gasteiger partial charge in [0.1, 0.15) is 11.6 Å². The maximum atomic E-state index is 13.6. The van der Waals surface area contributed by atoms with Crippen molar-refractivity contribution >= 4 is 34.6 Å². The number of carbonyl (C=O) groups excluding carboxylic acids is 4. The van der Waals surface area contributed by atoms with E-state index in [2.05, 4.69) is 22.9 Å². The number of Topliss-reactive ketones (excluding diaryl/α,β-unsaturated/α-hetero) is 2. The molecule has 7 rings (SSSR count). The van der Waals surface area contributed by atoms with Crippen molar-refractivity contribution in [3.8, 4) is 0 Å². The molecule has 4 unspecified atom stereocenters. The van der Waals surface area contributed by atoms with Crippen LogP contribution in [0.2, 0.25) is 0 Å². The molecule has 2 aromatic rings. The third-order valence-corrected chi connectivity index (χ3v) is 10.8. The summed E-state index contributed by atoms with van der Waals surface area (Å²) in [6, 6.07) is 11.0. The van der Waals surface area contributed by atoms with Gasteiger partial charge in [-0.2, -0.15) is 0 Å². The first-order chi connectivity index (χ1) is 22.1. The van der Waals surface area contributed by atoms with E-state index in [1.54, 1.807) is 24.3 Å². The lowest BCUT2D eigenvalue weighted by molar-refractivity contribution is -0.125. The molecule has 1 aliphatic heterocycles. The molecule has 3 fully saturated rings. The van der Waals surface area contributed by atoms with Gasteiger partial charge in [-0.15, -0.1) is 0 Å². The lowest BCUT2D eigenvalue weighted by Gasteiger charge is -2.23. The molecule has 0 spiro atoms. The highest BCUT2D eigenvalue weighted by Crippen LogP contribution is 2.54. The highest BCUT2D eigenvalue weighted by molar-refractivity contribution is 6.26. The van der Waals surface area contributed by atoms with Crippen LogP contribution >= 0.6 is 0 Å². The molecule has 0 aromatic heterocycles. The first-order valence-corrected chi connectivity index (χ1v) is 16.5. The fourth-order valence-electron chi connectivity index (χ4n) is 7.88. The van der Waals surface area contributed by atoms with Crippen LogP contribution < -0.4 is 16.0 Å². The molecule has 0 radical (unpaired) electrons. The molecule has 46 heavy (non-hydrogen) atoms. The lowest BCUT2D eigenvalue weighted by Crippen LogP contribution is -2.33. The molecule has 238 valence electrons. The molecule has 6 atom stereocenters. The zero-order valence-electron chi connectivity index (χ0n) is 26.5. The van der Waals surface area contributed by atoms with Gasteiger partial charge in [0.15, 0.2) is 5.78 Å². The normalized spacial score (nSPS) is 28.3. The number of hydrogen-bond donors (Lipinski definition) is 3. The van der Waals surface area contributed by atoms with Gasteiger partial charge in [0.25, 0.3) is 5.91 Å². The van der Waals surface area contributed by atoms with E-state index in [1.807, 2.05) is 26.0 Å². The minimum absolute atomic E-state index is 0.00675. The van der Waals surface area contributed by atoms with Gasteiger partial charge in [0.2, 0.25) is 5.91 Å². The largest absolute Gasteiger partial charge is 0.377 e. The van der Waals surface area contributed by atoms with Crippen molar-refractivity contribution < 1.29 is 23.6 Å². The smallest absolute Gasteiger partial charge is 0.251 e. The average Bonchev–Trinajstić information content (AvgIpc) is 3.96. The van der Waals surface area contributed by atoms with Crippen LogP contribution in [0.1, 0.15) is 86.8 Å². The average molecular weight is 622 g/mol. The summed E-state index contributed by atoms with van der Waals surface area (Å²) in [5.74, 6) is 0.868. The van der Waals surface area contributed by atoms with Crippen LogP contribution in [0.15, 0.2) is 71.0 Å². The van der Waals surface area contributed by atoms with E-state index in [4.69, 9.17) is 0 Å². The molecule has 3 saturated carbocycles. The van der Waals surface area contributed by atoms with Crippen LogP contribution in [0.4, 0.5) is 10.1 Å². The fraction of sp³-hybridized carbons (Fsp3) is 0.421. The van der Waals surface area contributed by atoms with E-state index >= 15 is 0 Å². The molecule has 2 aromatic carbocycles. The van der Waals surface area contributed by atoms with Gasteiger partial charge in [-0.25, -0.2) is 4.39 Å². The number of carbonyl (C=O) groups is 4. The van der Waals surface area contributed by atoms with E-state index in [1.165, 1.54) is 12.1 Å². The quantitative estimate of drug-likeness (QED) is 0.322. The van der Waals surface area contributed by atoms with E-state index in [-0.39, 0.29) is 47.7 Å². The Bertz CT molecular complexity index is 1750. The maximum Gasteiger partial charge on any atom is 0.251 e. The zero-order chi connectivity index (χ0) is 32.3. The molecule has 2 amide bonds. The van der Waals surface area contributed by atoms with Crippen LogP contribution in [0, 0.1) is 35.4 Å². The van der Waals surface area contributed by atoms with Gasteiger partial charge in [0.05, 0.1) is 12.6 Å². The summed E-state index contributed by atoms with van der Waals surface area (Å²) in [6.07, 6.45) is 6.57. The van der Waals surface area contributed by atoms with E-state index in [0.29, 0.717) is 59.6 Å². The second-order valence-corrected chi connectivity index (χ2v) is 13.9. The Hall–Kier alpha value is -4.33. The molecular formula is C38H40FN3O4. The van der Waals surface area contributed by atoms with Gasteiger partial charge < -0.3 is 16.0 Å². The van der Waals surface area contributed by atoms with Gasteiger partial charge in [-0.3, -0.25) is 19.2 Å². The highest BCUT2D eigenvalue weighted by Gasteiger charge is 2.49. The molecule has 1 heterocycles. The summed E-state index contributed by atoms with van der Waals surface area (Å²) in [4.78, 5) is 52.6. The van der Waals surface area contributed by atoms with Gasteiger partial charge >= 0.3 is 0 Å².